The molecule has 1 aliphatic rings. The molecule has 1 unspecified atom stereocenters. The number of amides is 1. The van der Waals surface area contributed by atoms with Crippen molar-refractivity contribution >= 4 is 17.4 Å². The van der Waals surface area contributed by atoms with Crippen molar-refractivity contribution < 1.29 is 24.2 Å². The zero-order valence-electron chi connectivity index (χ0n) is 18.6. The van der Waals surface area contributed by atoms with Crippen LogP contribution in [0.25, 0.3) is 5.76 Å². The molecular weight excluding hydrogens is 420 g/mol. The molecule has 0 radical (unpaired) electrons. The number of Topliss-reactive ketones (excluding diaryl/α,β-unsaturated/α-hetero) is 1. The predicted octanol–water partition coefficient (Wildman–Crippen LogP) is 4.03. The number of aliphatic hydroxyl groups is 1. The molecule has 1 saturated heterocycles. The number of aliphatic hydroxyl groups excluding tert-OH is 1. The summed E-state index contributed by atoms with van der Waals surface area (Å²) >= 11 is 0. The SMILES string of the molecule is COc1ccc(OC)c(/C(O)=C2\C(=O)C(=O)N(Cc3cccnc3)C2c2cccc(C)c2)c1. The fourth-order valence-corrected chi connectivity index (χ4v) is 4.06. The van der Waals surface area contributed by atoms with E-state index in [0.717, 1.165) is 16.7 Å². The summed E-state index contributed by atoms with van der Waals surface area (Å²) < 4.78 is 10.7. The lowest BCUT2D eigenvalue weighted by atomic mass is 9.94. The number of ether oxygens (including phenoxy) is 2. The third-order valence-electron chi connectivity index (χ3n) is 5.64. The number of nitrogens with zero attached hydrogens (tertiary/aromatic N) is 2. The van der Waals surface area contributed by atoms with Gasteiger partial charge in [0.15, 0.2) is 0 Å². The van der Waals surface area contributed by atoms with E-state index in [1.807, 2.05) is 37.3 Å². The molecular formula is C26H24N2O5. The molecule has 2 aromatic carbocycles. The number of hydrogen-bond donors (Lipinski definition) is 1. The van der Waals surface area contributed by atoms with Crippen LogP contribution in [0.5, 0.6) is 11.5 Å². The third-order valence-corrected chi connectivity index (χ3v) is 5.64. The second kappa shape index (κ2) is 9.16. The van der Waals surface area contributed by atoms with Crippen molar-refractivity contribution in [2.45, 2.75) is 19.5 Å². The van der Waals surface area contributed by atoms with Crippen molar-refractivity contribution in [2.75, 3.05) is 14.2 Å². The highest BCUT2D eigenvalue weighted by Crippen LogP contribution is 2.42. The van der Waals surface area contributed by atoms with Gasteiger partial charge in [0.05, 0.1) is 31.4 Å². The third kappa shape index (κ3) is 4.17. The summed E-state index contributed by atoms with van der Waals surface area (Å²) in [5, 5.41) is 11.4. The molecule has 0 spiro atoms. The van der Waals surface area contributed by atoms with E-state index in [1.54, 1.807) is 36.7 Å². The first-order valence-electron chi connectivity index (χ1n) is 10.4. The molecule has 4 rings (SSSR count). The average Bonchev–Trinajstić information content (AvgIpc) is 3.08. The Kier molecular flexibility index (Phi) is 6.13. The van der Waals surface area contributed by atoms with Gasteiger partial charge in [0.2, 0.25) is 0 Å². The van der Waals surface area contributed by atoms with Gasteiger partial charge in [-0.3, -0.25) is 14.6 Å². The molecule has 0 aliphatic carbocycles. The molecule has 7 nitrogen and oxygen atoms in total. The molecule has 3 aromatic rings. The number of likely N-dealkylation sites (tertiary alicyclic amines) is 1. The minimum absolute atomic E-state index is 0.000966. The minimum atomic E-state index is -0.777. The number of carbonyl (C=O) groups excluding carboxylic acids is 2. The Hall–Kier alpha value is -4.13. The van der Waals surface area contributed by atoms with Crippen LogP contribution < -0.4 is 9.47 Å². The highest BCUT2D eigenvalue weighted by molar-refractivity contribution is 6.46. The molecule has 1 N–H and O–H groups in total. The fourth-order valence-electron chi connectivity index (χ4n) is 4.06. The van der Waals surface area contributed by atoms with Gasteiger partial charge in [-0.15, -0.1) is 0 Å². The topological polar surface area (TPSA) is 89.0 Å². The van der Waals surface area contributed by atoms with E-state index in [2.05, 4.69) is 4.98 Å². The zero-order valence-corrected chi connectivity index (χ0v) is 18.6. The second-order valence-corrected chi connectivity index (χ2v) is 7.77. The van der Waals surface area contributed by atoms with Crippen LogP contribution in [0.4, 0.5) is 0 Å². The molecule has 1 aliphatic heterocycles. The van der Waals surface area contributed by atoms with E-state index in [0.29, 0.717) is 11.5 Å². The lowest BCUT2D eigenvalue weighted by molar-refractivity contribution is -0.140. The smallest absolute Gasteiger partial charge is 0.295 e. The molecule has 1 fully saturated rings. The van der Waals surface area contributed by atoms with Gasteiger partial charge in [-0.1, -0.05) is 35.9 Å². The summed E-state index contributed by atoms with van der Waals surface area (Å²) in [5.74, 6) is -0.922. The lowest BCUT2D eigenvalue weighted by Gasteiger charge is -2.25. The molecule has 7 heteroatoms. The van der Waals surface area contributed by atoms with Gasteiger partial charge in [0.25, 0.3) is 11.7 Å². The van der Waals surface area contributed by atoms with Gasteiger partial charge in [-0.25, -0.2) is 0 Å². The number of hydrogen-bond acceptors (Lipinski definition) is 6. The lowest BCUT2D eigenvalue weighted by Crippen LogP contribution is -2.29. The summed E-state index contributed by atoms with van der Waals surface area (Å²) in [4.78, 5) is 32.0. The number of aryl methyl sites for hydroxylation is 1. The van der Waals surface area contributed by atoms with E-state index in [4.69, 9.17) is 9.47 Å². The highest BCUT2D eigenvalue weighted by atomic mass is 16.5. The van der Waals surface area contributed by atoms with Gasteiger partial charge in [-0.2, -0.15) is 0 Å². The standard InChI is InChI=1S/C26H24N2O5/c1-16-6-4-8-18(12-16)23-22(24(29)20-13-19(32-2)9-10-21(20)33-3)25(30)26(31)28(23)15-17-7-5-11-27-14-17/h4-14,23,29H,15H2,1-3H3/b24-22+. The van der Waals surface area contributed by atoms with Crippen LogP contribution in [-0.2, 0) is 16.1 Å². The minimum Gasteiger partial charge on any atom is -0.507 e. The normalized spacial score (nSPS) is 17.3. The largest absolute Gasteiger partial charge is 0.507 e. The maximum absolute atomic E-state index is 13.2. The number of rotatable bonds is 6. The maximum atomic E-state index is 13.2. The molecule has 1 amide bonds. The van der Waals surface area contributed by atoms with Crippen LogP contribution in [-0.4, -0.2) is 40.9 Å². The van der Waals surface area contributed by atoms with E-state index in [-0.39, 0.29) is 23.4 Å². The van der Waals surface area contributed by atoms with Crippen molar-refractivity contribution in [2.24, 2.45) is 0 Å². The quantitative estimate of drug-likeness (QED) is 0.351. The van der Waals surface area contributed by atoms with Crippen LogP contribution in [0.2, 0.25) is 0 Å². The Balaban J connectivity index is 1.92. The maximum Gasteiger partial charge on any atom is 0.295 e. The van der Waals surface area contributed by atoms with E-state index < -0.39 is 17.7 Å². The Morgan fingerprint density at radius 2 is 1.88 bits per heavy atom. The van der Waals surface area contributed by atoms with Crippen molar-refractivity contribution in [3.63, 3.8) is 0 Å². The van der Waals surface area contributed by atoms with Crippen LogP contribution in [0.1, 0.15) is 28.3 Å². The first-order chi connectivity index (χ1) is 15.9. The van der Waals surface area contributed by atoms with Crippen LogP contribution in [0.3, 0.4) is 0 Å². The van der Waals surface area contributed by atoms with Gasteiger partial charge in [0.1, 0.15) is 17.3 Å². The number of benzene rings is 2. The van der Waals surface area contributed by atoms with Crippen molar-refractivity contribution in [1.82, 2.24) is 9.88 Å². The zero-order chi connectivity index (χ0) is 23.5. The highest BCUT2D eigenvalue weighted by Gasteiger charge is 2.46. The van der Waals surface area contributed by atoms with E-state index >= 15 is 0 Å². The summed E-state index contributed by atoms with van der Waals surface area (Å²) in [7, 11) is 2.98. The van der Waals surface area contributed by atoms with E-state index in [1.165, 1.54) is 19.1 Å². The van der Waals surface area contributed by atoms with Crippen LogP contribution in [0, 0.1) is 6.92 Å². The van der Waals surface area contributed by atoms with Gasteiger partial charge in [0, 0.05) is 18.9 Å². The first-order valence-corrected chi connectivity index (χ1v) is 10.4. The Labute approximate surface area is 191 Å². The molecule has 1 aromatic heterocycles. The van der Waals surface area contributed by atoms with Crippen molar-refractivity contribution in [3.8, 4) is 11.5 Å². The molecule has 33 heavy (non-hydrogen) atoms. The number of carbonyl (C=O) groups is 2. The first kappa shape index (κ1) is 22.1. The molecule has 0 saturated carbocycles. The Morgan fingerprint density at radius 1 is 1.06 bits per heavy atom. The Morgan fingerprint density at radius 3 is 2.55 bits per heavy atom. The van der Waals surface area contributed by atoms with Gasteiger partial charge < -0.3 is 19.5 Å². The number of aromatic nitrogens is 1. The monoisotopic (exact) mass is 444 g/mol. The second-order valence-electron chi connectivity index (χ2n) is 7.77. The Bertz CT molecular complexity index is 1240. The van der Waals surface area contributed by atoms with Crippen molar-refractivity contribution in [1.29, 1.82) is 0 Å². The molecule has 0 bridgehead atoms. The molecule has 1 atom stereocenters. The van der Waals surface area contributed by atoms with Gasteiger partial charge in [-0.05, 0) is 42.3 Å². The number of ketones is 1. The summed E-state index contributed by atoms with van der Waals surface area (Å²) in [6.45, 7) is 2.10. The fraction of sp³-hybridized carbons (Fsp3) is 0.192. The van der Waals surface area contributed by atoms with Crippen LogP contribution in [0.15, 0.2) is 72.6 Å². The summed E-state index contributed by atoms with van der Waals surface area (Å²) in [5.41, 5.74) is 2.74. The molecule has 2 heterocycles. The van der Waals surface area contributed by atoms with E-state index in [9.17, 15) is 14.7 Å². The summed E-state index contributed by atoms with van der Waals surface area (Å²) in [6.07, 6.45) is 3.29. The summed E-state index contributed by atoms with van der Waals surface area (Å²) in [6, 6.07) is 15.3. The number of pyridine rings is 1. The van der Waals surface area contributed by atoms with Crippen molar-refractivity contribution in [3.05, 3.63) is 94.8 Å². The number of methoxy groups -OCH3 is 2. The average molecular weight is 444 g/mol. The van der Waals surface area contributed by atoms with Gasteiger partial charge >= 0.3 is 0 Å². The predicted molar refractivity (Wildman–Crippen MR) is 123 cm³/mol. The molecule has 168 valence electrons. The van der Waals surface area contributed by atoms with Crippen LogP contribution >= 0.6 is 0 Å².